The Morgan fingerprint density at radius 1 is 1.19 bits per heavy atom. The Balaban J connectivity index is 1.41. The molecule has 3 heterocycles. The number of rotatable bonds is 3. The standard InChI is InChI=1S/C19H21N5O2/c1-23-16-7-8-24(12-13(16)9-17(23)25)18(26)14-10-20-19(21-11-14)22-15-5-3-2-4-6-15/h2-6,10-11,13,16H,7-9,12H2,1H3,(H,20,21,22)/t13-,16+/m1/s1. The lowest BCUT2D eigenvalue weighted by atomic mass is 9.92. The first kappa shape index (κ1) is 16.5. The van der Waals surface area contributed by atoms with Crippen LogP contribution in [0.1, 0.15) is 23.2 Å². The van der Waals surface area contributed by atoms with Gasteiger partial charge in [-0.1, -0.05) is 18.2 Å². The van der Waals surface area contributed by atoms with Crippen LogP contribution in [-0.2, 0) is 4.79 Å². The zero-order valence-electron chi connectivity index (χ0n) is 14.6. The summed E-state index contributed by atoms with van der Waals surface area (Å²) in [6, 6.07) is 9.90. The van der Waals surface area contributed by atoms with Gasteiger partial charge in [0, 0.05) is 56.6 Å². The van der Waals surface area contributed by atoms with Crippen molar-refractivity contribution in [3.63, 3.8) is 0 Å². The normalized spacial score (nSPS) is 22.3. The van der Waals surface area contributed by atoms with E-state index in [0.29, 0.717) is 31.0 Å². The second-order valence-electron chi connectivity index (χ2n) is 6.86. The van der Waals surface area contributed by atoms with Gasteiger partial charge < -0.3 is 15.1 Å². The zero-order chi connectivity index (χ0) is 18.1. The molecule has 2 aliphatic heterocycles. The van der Waals surface area contributed by atoms with Crippen LogP contribution in [0.4, 0.5) is 11.6 Å². The van der Waals surface area contributed by atoms with E-state index in [9.17, 15) is 9.59 Å². The maximum atomic E-state index is 12.7. The van der Waals surface area contributed by atoms with Gasteiger partial charge in [-0.2, -0.15) is 0 Å². The molecule has 0 saturated carbocycles. The van der Waals surface area contributed by atoms with Crippen molar-refractivity contribution in [3.8, 4) is 0 Å². The molecule has 2 aromatic rings. The largest absolute Gasteiger partial charge is 0.342 e. The number of piperidine rings is 1. The molecule has 2 amide bonds. The third kappa shape index (κ3) is 3.12. The van der Waals surface area contributed by atoms with Crippen molar-refractivity contribution in [1.82, 2.24) is 19.8 Å². The predicted octanol–water partition coefficient (Wildman–Crippen LogP) is 1.91. The van der Waals surface area contributed by atoms with Crippen LogP contribution in [0.5, 0.6) is 0 Å². The Morgan fingerprint density at radius 3 is 2.65 bits per heavy atom. The molecule has 2 saturated heterocycles. The minimum Gasteiger partial charge on any atom is -0.342 e. The van der Waals surface area contributed by atoms with Crippen molar-refractivity contribution in [2.24, 2.45) is 5.92 Å². The number of benzene rings is 1. The third-order valence-corrected chi connectivity index (χ3v) is 5.24. The Kier molecular flexibility index (Phi) is 4.28. The fourth-order valence-corrected chi connectivity index (χ4v) is 3.80. The number of carbonyl (C=O) groups excluding carboxylic acids is 2. The van der Waals surface area contributed by atoms with Crippen molar-refractivity contribution < 1.29 is 9.59 Å². The Morgan fingerprint density at radius 2 is 1.92 bits per heavy atom. The molecule has 7 heteroatoms. The quantitative estimate of drug-likeness (QED) is 0.914. The van der Waals surface area contributed by atoms with Gasteiger partial charge in [-0.3, -0.25) is 9.59 Å². The van der Waals surface area contributed by atoms with E-state index in [1.165, 1.54) is 0 Å². The van der Waals surface area contributed by atoms with E-state index in [-0.39, 0.29) is 23.8 Å². The number of anilines is 2. The van der Waals surface area contributed by atoms with Gasteiger partial charge in [0.2, 0.25) is 11.9 Å². The highest BCUT2D eigenvalue weighted by Gasteiger charge is 2.42. The van der Waals surface area contributed by atoms with E-state index in [1.807, 2.05) is 47.2 Å². The van der Waals surface area contributed by atoms with Crippen LogP contribution in [0.15, 0.2) is 42.7 Å². The fraction of sp³-hybridized carbons (Fsp3) is 0.368. The molecule has 0 bridgehead atoms. The van der Waals surface area contributed by atoms with Crippen LogP contribution in [0.3, 0.4) is 0 Å². The van der Waals surface area contributed by atoms with Crippen LogP contribution in [0.25, 0.3) is 0 Å². The minimum atomic E-state index is -0.0725. The summed E-state index contributed by atoms with van der Waals surface area (Å²) in [4.78, 5) is 36.8. The third-order valence-electron chi connectivity index (χ3n) is 5.24. The first-order valence-electron chi connectivity index (χ1n) is 8.81. The van der Waals surface area contributed by atoms with Crippen molar-refractivity contribution in [3.05, 3.63) is 48.3 Å². The maximum absolute atomic E-state index is 12.7. The van der Waals surface area contributed by atoms with Crippen molar-refractivity contribution in [2.45, 2.75) is 18.9 Å². The summed E-state index contributed by atoms with van der Waals surface area (Å²) >= 11 is 0. The number of nitrogens with zero attached hydrogens (tertiary/aromatic N) is 4. The first-order valence-corrected chi connectivity index (χ1v) is 8.81. The number of hydrogen-bond donors (Lipinski definition) is 1. The highest BCUT2D eigenvalue weighted by atomic mass is 16.2. The van der Waals surface area contributed by atoms with E-state index in [1.54, 1.807) is 12.4 Å². The summed E-state index contributed by atoms with van der Waals surface area (Å²) in [5.41, 5.74) is 1.36. The molecule has 26 heavy (non-hydrogen) atoms. The Labute approximate surface area is 152 Å². The van der Waals surface area contributed by atoms with E-state index >= 15 is 0 Å². The molecule has 7 nitrogen and oxygen atoms in total. The molecule has 0 unspecified atom stereocenters. The lowest BCUT2D eigenvalue weighted by Gasteiger charge is -2.36. The second kappa shape index (κ2) is 6.74. The maximum Gasteiger partial charge on any atom is 0.257 e. The molecular weight excluding hydrogens is 330 g/mol. The van der Waals surface area contributed by atoms with Crippen LogP contribution < -0.4 is 5.32 Å². The van der Waals surface area contributed by atoms with E-state index in [4.69, 9.17) is 0 Å². The summed E-state index contributed by atoms with van der Waals surface area (Å²) in [6.07, 6.45) is 4.46. The molecule has 0 radical (unpaired) electrons. The van der Waals surface area contributed by atoms with Crippen molar-refractivity contribution in [1.29, 1.82) is 0 Å². The van der Waals surface area contributed by atoms with Gasteiger partial charge in [0.1, 0.15) is 0 Å². The van der Waals surface area contributed by atoms with Crippen LogP contribution in [0, 0.1) is 5.92 Å². The van der Waals surface area contributed by atoms with E-state index in [0.717, 1.165) is 12.1 Å². The average Bonchev–Trinajstić information content (AvgIpc) is 2.96. The minimum absolute atomic E-state index is 0.0725. The molecule has 1 aromatic heterocycles. The van der Waals surface area contributed by atoms with Crippen LogP contribution >= 0.6 is 0 Å². The second-order valence-corrected chi connectivity index (χ2v) is 6.86. The molecular formula is C19H21N5O2. The fourth-order valence-electron chi connectivity index (χ4n) is 3.80. The lowest BCUT2D eigenvalue weighted by Crippen LogP contribution is -2.47. The number of nitrogens with one attached hydrogen (secondary N) is 1. The summed E-state index contributed by atoms with van der Waals surface area (Å²) < 4.78 is 0. The predicted molar refractivity (Wildman–Crippen MR) is 96.9 cm³/mol. The zero-order valence-corrected chi connectivity index (χ0v) is 14.6. The molecule has 0 aliphatic carbocycles. The van der Waals surface area contributed by atoms with Gasteiger partial charge in [0.25, 0.3) is 5.91 Å². The van der Waals surface area contributed by atoms with Gasteiger partial charge in [0.15, 0.2) is 0 Å². The Hall–Kier alpha value is -2.96. The number of amides is 2. The number of likely N-dealkylation sites (tertiary alicyclic amines) is 2. The van der Waals surface area contributed by atoms with Gasteiger partial charge in [-0.15, -0.1) is 0 Å². The summed E-state index contributed by atoms with van der Waals surface area (Å²) in [5.74, 6) is 0.783. The molecule has 1 N–H and O–H groups in total. The average molecular weight is 351 g/mol. The lowest BCUT2D eigenvalue weighted by molar-refractivity contribution is -0.127. The number of carbonyl (C=O) groups is 2. The monoisotopic (exact) mass is 351 g/mol. The van der Waals surface area contributed by atoms with E-state index in [2.05, 4.69) is 15.3 Å². The van der Waals surface area contributed by atoms with Gasteiger partial charge >= 0.3 is 0 Å². The topological polar surface area (TPSA) is 78.4 Å². The summed E-state index contributed by atoms with van der Waals surface area (Å²) in [7, 11) is 1.86. The Bertz CT molecular complexity index is 808. The van der Waals surface area contributed by atoms with Gasteiger partial charge in [-0.25, -0.2) is 9.97 Å². The first-order chi connectivity index (χ1) is 12.6. The molecule has 134 valence electrons. The smallest absolute Gasteiger partial charge is 0.257 e. The SMILES string of the molecule is CN1C(=O)C[C@@H]2CN(C(=O)c3cnc(Nc4ccccc4)nc3)CC[C@@H]21. The van der Waals surface area contributed by atoms with Gasteiger partial charge in [-0.05, 0) is 18.6 Å². The van der Waals surface area contributed by atoms with Crippen molar-refractivity contribution >= 4 is 23.5 Å². The van der Waals surface area contributed by atoms with Crippen LogP contribution in [0.2, 0.25) is 0 Å². The molecule has 2 atom stereocenters. The molecule has 2 aliphatic rings. The highest BCUT2D eigenvalue weighted by Crippen LogP contribution is 2.31. The molecule has 0 spiro atoms. The number of hydrogen-bond acceptors (Lipinski definition) is 5. The van der Waals surface area contributed by atoms with Crippen LogP contribution in [-0.4, -0.2) is 57.8 Å². The van der Waals surface area contributed by atoms with Gasteiger partial charge in [0.05, 0.1) is 5.56 Å². The molecule has 1 aromatic carbocycles. The summed E-state index contributed by atoms with van der Waals surface area (Å²) in [5, 5.41) is 3.10. The highest BCUT2D eigenvalue weighted by molar-refractivity contribution is 5.94. The molecule has 2 fully saturated rings. The van der Waals surface area contributed by atoms with Crippen molar-refractivity contribution in [2.75, 3.05) is 25.5 Å². The van der Waals surface area contributed by atoms with E-state index < -0.39 is 0 Å². The summed E-state index contributed by atoms with van der Waals surface area (Å²) in [6.45, 7) is 1.27. The number of fused-ring (bicyclic) bond motifs is 1. The molecule has 4 rings (SSSR count). The number of aromatic nitrogens is 2. The number of para-hydroxylation sites is 1.